The molecule has 1 aliphatic heterocycles. The molecule has 0 bridgehead atoms. The summed E-state index contributed by atoms with van der Waals surface area (Å²) in [7, 11) is 0. The van der Waals surface area contributed by atoms with Gasteiger partial charge in [-0.2, -0.15) is 0 Å². The zero-order chi connectivity index (χ0) is 26.0. The molecule has 2 amide bonds. The van der Waals surface area contributed by atoms with Gasteiger partial charge in [-0.3, -0.25) is 9.59 Å². The van der Waals surface area contributed by atoms with Gasteiger partial charge in [-0.15, -0.1) is 0 Å². The van der Waals surface area contributed by atoms with Crippen LogP contribution in [-0.2, 0) is 6.42 Å². The summed E-state index contributed by atoms with van der Waals surface area (Å²) in [6.45, 7) is 6.39. The molecule has 1 aliphatic rings. The average Bonchev–Trinajstić information content (AvgIpc) is 2.93. The average molecular weight is 499 g/mol. The summed E-state index contributed by atoms with van der Waals surface area (Å²) in [4.78, 5) is 31.2. The molecule has 1 atom stereocenters. The highest BCUT2D eigenvalue weighted by Gasteiger charge is 2.28. The van der Waals surface area contributed by atoms with Crippen molar-refractivity contribution in [3.63, 3.8) is 0 Å². The molecule has 3 aromatic rings. The van der Waals surface area contributed by atoms with Crippen LogP contribution >= 0.6 is 0 Å². The van der Waals surface area contributed by atoms with Gasteiger partial charge < -0.3 is 14.5 Å². The summed E-state index contributed by atoms with van der Waals surface area (Å²) in [5, 5.41) is 0. The monoisotopic (exact) mass is 498 g/mol. The third-order valence-electron chi connectivity index (χ3n) is 7.19. The van der Waals surface area contributed by atoms with Crippen molar-refractivity contribution in [3.05, 3.63) is 101 Å². The van der Waals surface area contributed by atoms with Gasteiger partial charge in [-0.1, -0.05) is 73.5 Å². The van der Waals surface area contributed by atoms with Crippen molar-refractivity contribution < 1.29 is 14.3 Å². The predicted molar refractivity (Wildman–Crippen MR) is 148 cm³/mol. The van der Waals surface area contributed by atoms with Crippen molar-refractivity contribution in [2.75, 3.05) is 26.2 Å². The van der Waals surface area contributed by atoms with Gasteiger partial charge in [0.05, 0.1) is 11.6 Å². The standard InChI is InChI=1S/C32H38N2O3/c1-3-33-21-13-4-5-14-22-34(32(36)28-18-10-9-15-25(28)2)27(23-26-16-7-6-8-17-26)24-37-30-20-12-11-19-29(30)31(33)35/h6-12,15-20,27H,3-5,13-14,21-24H2,1-2H3/t27-/m0/s1. The van der Waals surface area contributed by atoms with Crippen LogP contribution in [0.25, 0.3) is 0 Å². The van der Waals surface area contributed by atoms with Crippen molar-refractivity contribution in [2.24, 2.45) is 0 Å². The van der Waals surface area contributed by atoms with Gasteiger partial charge in [-0.05, 0) is 62.4 Å². The number of hydrogen-bond acceptors (Lipinski definition) is 3. The molecule has 0 aliphatic carbocycles. The minimum absolute atomic E-state index is 0.00242. The molecule has 194 valence electrons. The summed E-state index contributed by atoms with van der Waals surface area (Å²) >= 11 is 0. The number of para-hydroxylation sites is 1. The number of fused-ring (bicyclic) bond motifs is 1. The van der Waals surface area contributed by atoms with Crippen LogP contribution in [0.5, 0.6) is 5.75 Å². The Kier molecular flexibility index (Phi) is 9.36. The number of carbonyl (C=O) groups is 2. The summed E-state index contributed by atoms with van der Waals surface area (Å²) in [6.07, 6.45) is 4.58. The molecule has 5 heteroatoms. The first-order valence-corrected chi connectivity index (χ1v) is 13.5. The Hall–Kier alpha value is -3.60. The second-order valence-corrected chi connectivity index (χ2v) is 9.76. The summed E-state index contributed by atoms with van der Waals surface area (Å²) in [6, 6.07) is 25.3. The Bertz CT molecular complexity index is 1180. The fourth-order valence-electron chi connectivity index (χ4n) is 5.03. The van der Waals surface area contributed by atoms with E-state index in [1.807, 2.05) is 90.4 Å². The Morgan fingerprint density at radius 3 is 2.30 bits per heavy atom. The summed E-state index contributed by atoms with van der Waals surface area (Å²) in [5.74, 6) is 0.614. The van der Waals surface area contributed by atoms with Crippen LogP contribution in [-0.4, -0.2) is 53.9 Å². The van der Waals surface area contributed by atoms with Crippen LogP contribution in [0.2, 0.25) is 0 Å². The maximum absolute atomic E-state index is 14.0. The van der Waals surface area contributed by atoms with Crippen LogP contribution < -0.4 is 4.74 Å². The predicted octanol–water partition coefficient (Wildman–Crippen LogP) is 6.16. The first-order chi connectivity index (χ1) is 18.1. The van der Waals surface area contributed by atoms with Gasteiger partial charge in [0, 0.05) is 25.2 Å². The number of nitrogens with zero attached hydrogens (tertiary/aromatic N) is 2. The first kappa shape index (κ1) is 26.5. The van der Waals surface area contributed by atoms with Gasteiger partial charge in [0.25, 0.3) is 11.8 Å². The number of hydrogen-bond donors (Lipinski definition) is 0. The third kappa shape index (κ3) is 6.79. The zero-order valence-electron chi connectivity index (χ0n) is 22.1. The van der Waals surface area contributed by atoms with E-state index in [1.165, 1.54) is 0 Å². The quantitative estimate of drug-likeness (QED) is 0.433. The van der Waals surface area contributed by atoms with Crippen molar-refractivity contribution in [1.82, 2.24) is 9.80 Å². The fourth-order valence-corrected chi connectivity index (χ4v) is 5.03. The molecule has 0 spiro atoms. The maximum Gasteiger partial charge on any atom is 0.257 e. The van der Waals surface area contributed by atoms with Crippen LogP contribution in [0.15, 0.2) is 78.9 Å². The number of benzene rings is 3. The van der Waals surface area contributed by atoms with Crippen molar-refractivity contribution in [3.8, 4) is 5.75 Å². The van der Waals surface area contributed by atoms with Crippen molar-refractivity contribution >= 4 is 11.8 Å². The molecule has 5 nitrogen and oxygen atoms in total. The van der Waals surface area contributed by atoms with Gasteiger partial charge in [-0.25, -0.2) is 0 Å². The SMILES string of the molecule is CCN1CCCCCCN(C(=O)c2ccccc2C)[C@@H](Cc2ccccc2)COc2ccccc2C1=O. The second kappa shape index (κ2) is 13.1. The number of rotatable bonds is 4. The van der Waals surface area contributed by atoms with Gasteiger partial charge >= 0.3 is 0 Å². The fraction of sp³-hybridized carbons (Fsp3) is 0.375. The molecule has 0 unspecified atom stereocenters. The van der Waals surface area contributed by atoms with E-state index in [-0.39, 0.29) is 17.9 Å². The third-order valence-corrected chi connectivity index (χ3v) is 7.19. The number of carbonyl (C=O) groups excluding carboxylic acids is 2. The number of aryl methyl sites for hydroxylation is 1. The Morgan fingerprint density at radius 2 is 1.54 bits per heavy atom. The largest absolute Gasteiger partial charge is 0.491 e. The lowest BCUT2D eigenvalue weighted by Crippen LogP contribution is -2.46. The van der Waals surface area contributed by atoms with E-state index in [2.05, 4.69) is 12.1 Å². The highest BCUT2D eigenvalue weighted by Crippen LogP contribution is 2.24. The van der Waals surface area contributed by atoms with E-state index >= 15 is 0 Å². The smallest absolute Gasteiger partial charge is 0.257 e. The molecular weight excluding hydrogens is 460 g/mol. The zero-order valence-corrected chi connectivity index (χ0v) is 22.1. The van der Waals surface area contributed by atoms with Crippen LogP contribution in [0.1, 0.15) is 64.4 Å². The number of amides is 2. The van der Waals surface area contributed by atoms with Crippen molar-refractivity contribution in [2.45, 2.75) is 52.0 Å². The van der Waals surface area contributed by atoms with Gasteiger partial charge in [0.1, 0.15) is 12.4 Å². The van der Waals surface area contributed by atoms with Gasteiger partial charge in [0.2, 0.25) is 0 Å². The highest BCUT2D eigenvalue weighted by atomic mass is 16.5. The van der Waals surface area contributed by atoms with E-state index in [0.717, 1.165) is 48.9 Å². The molecule has 0 radical (unpaired) electrons. The summed E-state index contributed by atoms with van der Waals surface area (Å²) < 4.78 is 6.39. The second-order valence-electron chi connectivity index (χ2n) is 9.76. The molecule has 0 N–H and O–H groups in total. The summed E-state index contributed by atoms with van der Waals surface area (Å²) in [5.41, 5.74) is 3.44. The lowest BCUT2D eigenvalue weighted by Gasteiger charge is -2.33. The van der Waals surface area contributed by atoms with Crippen LogP contribution in [0, 0.1) is 6.92 Å². The molecular formula is C32H38N2O3. The van der Waals surface area contributed by atoms with E-state index in [9.17, 15) is 9.59 Å². The van der Waals surface area contributed by atoms with E-state index in [4.69, 9.17) is 4.74 Å². The lowest BCUT2D eigenvalue weighted by molar-refractivity contribution is 0.0597. The molecule has 0 fully saturated rings. The Balaban J connectivity index is 1.70. The van der Waals surface area contributed by atoms with E-state index in [1.54, 1.807) is 0 Å². The molecule has 0 saturated heterocycles. The maximum atomic E-state index is 14.0. The Labute approximate surface area is 221 Å². The van der Waals surface area contributed by atoms with Gasteiger partial charge in [0.15, 0.2) is 0 Å². The molecule has 0 aromatic heterocycles. The van der Waals surface area contributed by atoms with E-state index < -0.39 is 0 Å². The highest BCUT2D eigenvalue weighted by molar-refractivity contribution is 5.97. The minimum Gasteiger partial charge on any atom is -0.491 e. The number of ether oxygens (including phenoxy) is 1. The topological polar surface area (TPSA) is 49.9 Å². The first-order valence-electron chi connectivity index (χ1n) is 13.5. The van der Waals surface area contributed by atoms with Crippen molar-refractivity contribution in [1.29, 1.82) is 0 Å². The Morgan fingerprint density at radius 1 is 0.865 bits per heavy atom. The molecule has 37 heavy (non-hydrogen) atoms. The molecule has 1 heterocycles. The molecule has 0 saturated carbocycles. The lowest BCUT2D eigenvalue weighted by atomic mass is 10.0. The van der Waals surface area contributed by atoms with E-state index in [0.29, 0.717) is 37.4 Å². The minimum atomic E-state index is -0.178. The van der Waals surface area contributed by atoms with Crippen LogP contribution in [0.4, 0.5) is 0 Å². The molecule has 4 rings (SSSR count). The normalized spacial score (nSPS) is 17.5. The molecule has 3 aromatic carbocycles. The van der Waals surface area contributed by atoms with Crippen LogP contribution in [0.3, 0.4) is 0 Å².